The molecule has 0 spiro atoms. The molecule has 2 N–H and O–H groups in total. The molecule has 1 heterocycles. The molecule has 4 rings (SSSR count). The number of hydrogen-bond donors (Lipinski definition) is 2. The molecule has 7 heteroatoms. The fourth-order valence-corrected chi connectivity index (χ4v) is 4.67. The van der Waals surface area contributed by atoms with Gasteiger partial charge in [-0.2, -0.15) is 0 Å². The molecule has 2 saturated carbocycles. The van der Waals surface area contributed by atoms with Crippen LogP contribution in [-0.4, -0.2) is 71.5 Å². The van der Waals surface area contributed by atoms with Gasteiger partial charge < -0.3 is 24.8 Å². The molecule has 1 aliphatic heterocycles. The van der Waals surface area contributed by atoms with E-state index in [0.29, 0.717) is 5.41 Å². The second-order valence-corrected chi connectivity index (χ2v) is 8.72. The first kappa shape index (κ1) is 21.2. The van der Waals surface area contributed by atoms with Crippen molar-refractivity contribution < 1.29 is 14.2 Å². The van der Waals surface area contributed by atoms with Crippen LogP contribution in [0.3, 0.4) is 0 Å². The molecule has 0 radical (unpaired) electrons. The minimum Gasteiger partial charge on any atom is -0.493 e. The Morgan fingerprint density at radius 1 is 1.17 bits per heavy atom. The summed E-state index contributed by atoms with van der Waals surface area (Å²) in [5, 5.41) is 7.17. The van der Waals surface area contributed by atoms with Crippen LogP contribution in [0.2, 0.25) is 0 Å². The largest absolute Gasteiger partial charge is 0.493 e. The molecule has 3 aliphatic rings. The van der Waals surface area contributed by atoms with Gasteiger partial charge in [0.25, 0.3) is 0 Å². The van der Waals surface area contributed by atoms with Crippen LogP contribution in [0, 0.1) is 11.3 Å². The van der Waals surface area contributed by atoms with E-state index >= 15 is 0 Å². The quantitative estimate of drug-likeness (QED) is 0.476. The molecule has 1 aromatic rings. The van der Waals surface area contributed by atoms with Gasteiger partial charge in [-0.3, -0.25) is 9.89 Å². The van der Waals surface area contributed by atoms with E-state index in [9.17, 15) is 0 Å². The molecule has 0 amide bonds. The summed E-state index contributed by atoms with van der Waals surface area (Å²) in [6, 6.07) is 6.40. The van der Waals surface area contributed by atoms with Gasteiger partial charge in [-0.15, -0.1) is 0 Å². The Balaban J connectivity index is 1.43. The third kappa shape index (κ3) is 4.83. The third-order valence-corrected chi connectivity index (χ3v) is 6.91. The van der Waals surface area contributed by atoms with Gasteiger partial charge in [0.15, 0.2) is 17.5 Å². The molecule has 1 unspecified atom stereocenters. The molecule has 30 heavy (non-hydrogen) atoms. The van der Waals surface area contributed by atoms with Crippen molar-refractivity contribution in [2.24, 2.45) is 16.3 Å². The van der Waals surface area contributed by atoms with Crippen LogP contribution in [0.1, 0.15) is 37.3 Å². The van der Waals surface area contributed by atoms with Crippen molar-refractivity contribution in [2.75, 3.05) is 60.7 Å². The zero-order valence-corrected chi connectivity index (χ0v) is 18.6. The maximum absolute atomic E-state index is 5.58. The SMILES string of the molecule is CN=C(NCC(c1ccc(OC)c(OC)c1)N1CCOCC1)NCC1(C2CC2)CC1. The minimum atomic E-state index is 0.200. The first-order valence-corrected chi connectivity index (χ1v) is 11.2. The van der Waals surface area contributed by atoms with E-state index in [1.54, 1.807) is 14.2 Å². The normalized spacial score (nSPS) is 22.3. The molecule has 1 aromatic carbocycles. The van der Waals surface area contributed by atoms with Crippen LogP contribution < -0.4 is 20.1 Å². The maximum Gasteiger partial charge on any atom is 0.191 e. The Morgan fingerprint density at radius 2 is 1.90 bits per heavy atom. The number of aliphatic imine (C=N–C) groups is 1. The van der Waals surface area contributed by atoms with Crippen molar-refractivity contribution in [2.45, 2.75) is 31.7 Å². The van der Waals surface area contributed by atoms with Gasteiger partial charge in [0.05, 0.1) is 33.5 Å². The first-order chi connectivity index (χ1) is 14.7. The summed E-state index contributed by atoms with van der Waals surface area (Å²) in [6.07, 6.45) is 5.55. The molecule has 3 fully saturated rings. The van der Waals surface area contributed by atoms with Crippen molar-refractivity contribution in [1.29, 1.82) is 0 Å². The zero-order valence-electron chi connectivity index (χ0n) is 18.6. The lowest BCUT2D eigenvalue weighted by atomic mass is 10.0. The molecule has 7 nitrogen and oxygen atoms in total. The average molecular weight is 417 g/mol. The fraction of sp³-hybridized carbons (Fsp3) is 0.696. The van der Waals surface area contributed by atoms with Gasteiger partial charge in [-0.1, -0.05) is 6.07 Å². The number of nitrogens with one attached hydrogen (secondary N) is 2. The van der Waals surface area contributed by atoms with Gasteiger partial charge in [0.1, 0.15) is 0 Å². The number of methoxy groups -OCH3 is 2. The van der Waals surface area contributed by atoms with Gasteiger partial charge >= 0.3 is 0 Å². The number of morpholine rings is 1. The summed E-state index contributed by atoms with van der Waals surface area (Å²) >= 11 is 0. The predicted molar refractivity (Wildman–Crippen MR) is 118 cm³/mol. The van der Waals surface area contributed by atoms with Crippen molar-refractivity contribution in [1.82, 2.24) is 15.5 Å². The van der Waals surface area contributed by atoms with Crippen LogP contribution in [0.25, 0.3) is 0 Å². The van der Waals surface area contributed by atoms with Gasteiger partial charge in [-0.25, -0.2) is 0 Å². The van der Waals surface area contributed by atoms with Crippen LogP contribution in [0.4, 0.5) is 0 Å². The second kappa shape index (κ2) is 9.43. The lowest BCUT2D eigenvalue weighted by Crippen LogP contribution is -2.47. The number of rotatable bonds is 9. The molecule has 0 aromatic heterocycles. The maximum atomic E-state index is 5.58. The van der Waals surface area contributed by atoms with Crippen LogP contribution in [0.15, 0.2) is 23.2 Å². The van der Waals surface area contributed by atoms with E-state index in [-0.39, 0.29) is 6.04 Å². The molecule has 1 saturated heterocycles. The molecule has 2 aliphatic carbocycles. The molecular weight excluding hydrogens is 380 g/mol. The van der Waals surface area contributed by atoms with Gasteiger partial charge in [0.2, 0.25) is 0 Å². The van der Waals surface area contributed by atoms with E-state index in [1.165, 1.54) is 31.2 Å². The number of nitrogens with zero attached hydrogens (tertiary/aromatic N) is 2. The van der Waals surface area contributed by atoms with Crippen molar-refractivity contribution >= 4 is 5.96 Å². The Hall–Kier alpha value is -1.99. The molecular formula is C23H36N4O3. The third-order valence-electron chi connectivity index (χ3n) is 6.91. The van der Waals surface area contributed by atoms with E-state index < -0.39 is 0 Å². The Kier molecular flexibility index (Phi) is 6.68. The summed E-state index contributed by atoms with van der Waals surface area (Å²) in [5.74, 6) is 3.34. The minimum absolute atomic E-state index is 0.200. The van der Waals surface area contributed by atoms with Crippen molar-refractivity contribution in [3.63, 3.8) is 0 Å². The number of ether oxygens (including phenoxy) is 3. The van der Waals surface area contributed by atoms with Crippen LogP contribution in [0.5, 0.6) is 11.5 Å². The van der Waals surface area contributed by atoms with E-state index in [2.05, 4.69) is 32.7 Å². The molecule has 0 bridgehead atoms. The number of hydrogen-bond acceptors (Lipinski definition) is 5. The standard InChI is InChI=1S/C23H36N4O3/c1-24-22(26-16-23(8-9-23)18-5-6-18)25-15-19(27-10-12-30-13-11-27)17-4-7-20(28-2)21(14-17)29-3/h4,7,14,18-19H,5-6,8-13,15-16H2,1-3H3,(H2,24,25,26). The van der Waals surface area contributed by atoms with Crippen molar-refractivity contribution in [3.8, 4) is 11.5 Å². The van der Waals surface area contributed by atoms with Crippen LogP contribution in [-0.2, 0) is 4.74 Å². The Morgan fingerprint density at radius 3 is 2.50 bits per heavy atom. The predicted octanol–water partition coefficient (Wildman–Crippen LogP) is 2.43. The van der Waals surface area contributed by atoms with Gasteiger partial charge in [0, 0.05) is 33.2 Å². The summed E-state index contributed by atoms with van der Waals surface area (Å²) in [4.78, 5) is 6.95. The smallest absolute Gasteiger partial charge is 0.191 e. The van der Waals surface area contributed by atoms with E-state index in [0.717, 1.165) is 62.8 Å². The average Bonchev–Trinajstić information content (AvgIpc) is 3.70. The number of benzene rings is 1. The lowest BCUT2D eigenvalue weighted by Gasteiger charge is -2.35. The van der Waals surface area contributed by atoms with Gasteiger partial charge in [-0.05, 0) is 54.7 Å². The second-order valence-electron chi connectivity index (χ2n) is 8.72. The Labute approximate surface area is 180 Å². The highest BCUT2D eigenvalue weighted by Gasteiger charge is 2.53. The summed E-state index contributed by atoms with van der Waals surface area (Å²) < 4.78 is 16.6. The van der Waals surface area contributed by atoms with Crippen molar-refractivity contribution in [3.05, 3.63) is 23.8 Å². The first-order valence-electron chi connectivity index (χ1n) is 11.2. The fourth-order valence-electron chi connectivity index (χ4n) is 4.67. The highest BCUT2D eigenvalue weighted by Crippen LogP contribution is 2.60. The topological polar surface area (TPSA) is 67.4 Å². The highest BCUT2D eigenvalue weighted by molar-refractivity contribution is 5.79. The summed E-state index contributed by atoms with van der Waals surface area (Å²) in [5.41, 5.74) is 1.75. The highest BCUT2D eigenvalue weighted by atomic mass is 16.5. The summed E-state index contributed by atoms with van der Waals surface area (Å²) in [7, 11) is 5.21. The summed E-state index contributed by atoms with van der Waals surface area (Å²) in [6.45, 7) is 5.16. The Bertz CT molecular complexity index is 740. The number of guanidine groups is 1. The van der Waals surface area contributed by atoms with E-state index in [4.69, 9.17) is 14.2 Å². The molecule has 1 atom stereocenters. The van der Waals surface area contributed by atoms with E-state index in [1.807, 2.05) is 13.1 Å². The van der Waals surface area contributed by atoms with Crippen LogP contribution >= 0.6 is 0 Å². The monoisotopic (exact) mass is 416 g/mol. The lowest BCUT2D eigenvalue weighted by molar-refractivity contribution is 0.0169. The zero-order chi connectivity index (χ0) is 21.0. The molecule has 166 valence electrons.